The topological polar surface area (TPSA) is 122 Å². The van der Waals surface area contributed by atoms with Gasteiger partial charge < -0.3 is 25.2 Å². The molecule has 0 spiro atoms. The minimum Gasteiger partial charge on any atom is -0.497 e. The van der Waals surface area contributed by atoms with Crippen molar-refractivity contribution in [3.05, 3.63) is 95.3 Å². The van der Waals surface area contributed by atoms with Gasteiger partial charge in [-0.15, -0.1) is 0 Å². The molecule has 3 N–H and O–H groups in total. The van der Waals surface area contributed by atoms with Crippen molar-refractivity contribution in [2.24, 2.45) is 5.73 Å². The number of aliphatic hydroxyl groups is 1. The molecule has 3 rings (SSSR count). The first-order valence-corrected chi connectivity index (χ1v) is 16.9. The van der Waals surface area contributed by atoms with E-state index in [-0.39, 0.29) is 44.7 Å². The van der Waals surface area contributed by atoms with Crippen LogP contribution in [0.3, 0.4) is 0 Å². The normalized spacial score (nSPS) is 13.0. The number of nitrogens with two attached hydrogens (primary N) is 1. The first-order chi connectivity index (χ1) is 21.4. The Balaban J connectivity index is 1.72. The van der Waals surface area contributed by atoms with E-state index in [1.807, 2.05) is 50.2 Å². The molecule has 0 aromatic heterocycles. The molecule has 3 aromatic carbocycles. The molecule has 11 heteroatoms. The van der Waals surface area contributed by atoms with Gasteiger partial charge in [0.1, 0.15) is 29.6 Å². The molecule has 3 aromatic rings. The number of carbonyl (C=O) groups is 1. The number of benzene rings is 3. The van der Waals surface area contributed by atoms with Gasteiger partial charge in [-0.2, -0.15) is 0 Å². The Bertz CT molecular complexity index is 1460. The molecule has 0 saturated carbocycles. The predicted octanol–water partition coefficient (Wildman–Crippen LogP) is 4.86. The molecule has 1 amide bonds. The number of methoxy groups -OCH3 is 1. The summed E-state index contributed by atoms with van der Waals surface area (Å²) in [6, 6.07) is 21.0. The highest BCUT2D eigenvalue weighted by Crippen LogP contribution is 2.22. The summed E-state index contributed by atoms with van der Waals surface area (Å²) in [4.78, 5) is 14.9. The third-order valence-electron chi connectivity index (χ3n) is 7.26. The van der Waals surface area contributed by atoms with E-state index in [2.05, 4.69) is 0 Å². The molecule has 9 nitrogen and oxygen atoms in total. The van der Waals surface area contributed by atoms with Gasteiger partial charge in [0, 0.05) is 32.1 Å². The Kier molecular flexibility index (Phi) is 13.8. The number of hydrogen-bond acceptors (Lipinski definition) is 7. The number of hydrogen-bond donors (Lipinski definition) is 2. The number of halogens is 1. The van der Waals surface area contributed by atoms with Crippen molar-refractivity contribution >= 4 is 15.9 Å². The van der Waals surface area contributed by atoms with Gasteiger partial charge >= 0.3 is 0 Å². The van der Waals surface area contributed by atoms with Crippen molar-refractivity contribution in [3.8, 4) is 11.5 Å². The summed E-state index contributed by atoms with van der Waals surface area (Å²) in [5, 5.41) is 11.2. The van der Waals surface area contributed by atoms with Crippen molar-refractivity contribution < 1.29 is 32.2 Å². The number of ether oxygens (including phenoxy) is 2. The summed E-state index contributed by atoms with van der Waals surface area (Å²) < 4.78 is 53.0. The molecule has 0 radical (unpaired) electrons. The zero-order valence-corrected chi connectivity index (χ0v) is 27.3. The maximum absolute atomic E-state index is 14.4. The Morgan fingerprint density at radius 3 is 2.27 bits per heavy atom. The molecule has 1 atom stereocenters. The smallest absolute Gasteiger partial charge is 0.224 e. The largest absolute Gasteiger partial charge is 0.497 e. The lowest BCUT2D eigenvalue weighted by Gasteiger charge is -2.32. The predicted molar refractivity (Wildman–Crippen MR) is 174 cm³/mol. The van der Waals surface area contributed by atoms with Crippen LogP contribution in [-0.4, -0.2) is 66.9 Å². The van der Waals surface area contributed by atoms with E-state index < -0.39 is 27.5 Å². The van der Waals surface area contributed by atoms with Gasteiger partial charge in [-0.3, -0.25) is 4.79 Å². The Morgan fingerprint density at radius 2 is 1.60 bits per heavy atom. The molecule has 0 heterocycles. The monoisotopic (exact) mass is 643 g/mol. The van der Waals surface area contributed by atoms with Crippen LogP contribution >= 0.6 is 0 Å². The van der Waals surface area contributed by atoms with E-state index in [1.165, 1.54) is 28.4 Å². The van der Waals surface area contributed by atoms with E-state index in [0.29, 0.717) is 43.0 Å². The minimum atomic E-state index is -3.65. The van der Waals surface area contributed by atoms with Crippen LogP contribution in [0.2, 0.25) is 0 Å². The van der Waals surface area contributed by atoms with Gasteiger partial charge in [-0.1, -0.05) is 56.3 Å². The summed E-state index contributed by atoms with van der Waals surface area (Å²) in [6.07, 6.45) is 1.29. The van der Waals surface area contributed by atoms with Crippen LogP contribution in [0.5, 0.6) is 11.5 Å². The molecule has 0 aliphatic rings. The summed E-state index contributed by atoms with van der Waals surface area (Å²) in [5.74, 6) is -0.339. The van der Waals surface area contributed by atoms with E-state index in [1.54, 1.807) is 24.3 Å². The number of aryl methyl sites for hydroxylation is 1. The molecular weight excluding hydrogens is 597 g/mol. The van der Waals surface area contributed by atoms with E-state index in [0.717, 1.165) is 11.1 Å². The first kappa shape index (κ1) is 36.0. The van der Waals surface area contributed by atoms with Gasteiger partial charge in [0.05, 0.1) is 19.4 Å². The average molecular weight is 644 g/mol. The standard InChI is InChI=1S/C34H46FN3O6S/c1-4-17-38(18-5-2)45(41,42)19-15-33(39)37(24-29-12-9-13-31(22-29)43-3)26-34(36,40)16-14-28-20-30(35)23-32(21-28)44-25-27-10-7-6-8-11-27/h6-13,20-23,40H,4-5,14-19,24-26,36H2,1-3H3/t34-/m1/s1. The van der Waals surface area contributed by atoms with Crippen molar-refractivity contribution in [2.45, 2.75) is 64.8 Å². The maximum Gasteiger partial charge on any atom is 0.224 e. The number of amides is 1. The van der Waals surface area contributed by atoms with E-state index in [4.69, 9.17) is 15.2 Å². The third-order valence-corrected chi connectivity index (χ3v) is 9.14. The van der Waals surface area contributed by atoms with Crippen LogP contribution in [0.25, 0.3) is 0 Å². The molecular formula is C34H46FN3O6S. The fourth-order valence-corrected chi connectivity index (χ4v) is 6.59. The minimum absolute atomic E-state index is 0.00947. The highest BCUT2D eigenvalue weighted by Gasteiger charge is 2.29. The van der Waals surface area contributed by atoms with E-state index in [9.17, 15) is 22.7 Å². The first-order valence-electron chi connectivity index (χ1n) is 15.3. The van der Waals surface area contributed by atoms with Crippen LogP contribution in [0.1, 0.15) is 56.2 Å². The summed E-state index contributed by atoms with van der Waals surface area (Å²) in [7, 11) is -2.12. The van der Waals surface area contributed by atoms with Crippen molar-refractivity contribution in [2.75, 3.05) is 32.5 Å². The SMILES string of the molecule is CCCN(CCC)S(=O)(=O)CCC(=O)N(Cc1cccc(OC)c1)C[C@](N)(O)CCc1cc(F)cc(OCc2ccccc2)c1. The quantitative estimate of drug-likeness (QED) is 0.179. The Hall–Kier alpha value is -3.51. The van der Waals surface area contributed by atoms with Gasteiger partial charge in [-0.05, 0) is 66.6 Å². The van der Waals surface area contributed by atoms with Crippen LogP contribution < -0.4 is 15.2 Å². The average Bonchev–Trinajstić information content (AvgIpc) is 3.01. The fraction of sp³-hybridized carbons (Fsp3) is 0.441. The number of rotatable bonds is 19. The van der Waals surface area contributed by atoms with E-state index >= 15 is 0 Å². The zero-order chi connectivity index (χ0) is 32.9. The van der Waals surface area contributed by atoms with Gasteiger partial charge in [0.15, 0.2) is 0 Å². The lowest BCUT2D eigenvalue weighted by Crippen LogP contribution is -2.52. The number of carbonyl (C=O) groups excluding carboxylic acids is 1. The van der Waals surface area contributed by atoms with Crippen LogP contribution in [0, 0.1) is 5.82 Å². The molecule has 0 saturated heterocycles. The molecule has 0 bridgehead atoms. The second-order valence-corrected chi connectivity index (χ2v) is 13.3. The third kappa shape index (κ3) is 12.1. The summed E-state index contributed by atoms with van der Waals surface area (Å²) >= 11 is 0. The van der Waals surface area contributed by atoms with Crippen molar-refractivity contribution in [3.63, 3.8) is 0 Å². The van der Waals surface area contributed by atoms with Crippen LogP contribution in [0.15, 0.2) is 72.8 Å². The Labute approximate surface area is 266 Å². The highest BCUT2D eigenvalue weighted by molar-refractivity contribution is 7.89. The molecule has 0 fully saturated rings. The summed E-state index contributed by atoms with van der Waals surface area (Å²) in [5.41, 5.74) is 6.72. The molecule has 0 unspecified atom stereocenters. The number of sulfonamides is 1. The fourth-order valence-electron chi connectivity index (χ4n) is 4.98. The van der Waals surface area contributed by atoms with Crippen LogP contribution in [0.4, 0.5) is 4.39 Å². The molecule has 0 aliphatic carbocycles. The maximum atomic E-state index is 14.4. The van der Waals surface area contributed by atoms with Gasteiger partial charge in [-0.25, -0.2) is 17.1 Å². The lowest BCUT2D eigenvalue weighted by atomic mass is 10.0. The summed E-state index contributed by atoms with van der Waals surface area (Å²) in [6.45, 7) is 4.69. The molecule has 0 aliphatic heterocycles. The van der Waals surface area contributed by atoms with Crippen LogP contribution in [-0.2, 0) is 34.4 Å². The number of nitrogens with zero attached hydrogens (tertiary/aromatic N) is 2. The highest BCUT2D eigenvalue weighted by atomic mass is 32.2. The molecule has 246 valence electrons. The lowest BCUT2D eigenvalue weighted by molar-refractivity contribution is -0.135. The second-order valence-electron chi connectivity index (χ2n) is 11.2. The van der Waals surface area contributed by atoms with Gasteiger partial charge in [0.2, 0.25) is 15.9 Å². The Morgan fingerprint density at radius 1 is 0.933 bits per heavy atom. The molecule has 45 heavy (non-hydrogen) atoms. The van der Waals surface area contributed by atoms with Gasteiger partial charge in [0.25, 0.3) is 0 Å². The van der Waals surface area contributed by atoms with Crippen molar-refractivity contribution in [1.82, 2.24) is 9.21 Å². The van der Waals surface area contributed by atoms with Crippen molar-refractivity contribution in [1.29, 1.82) is 0 Å². The second kappa shape index (κ2) is 17.3. The zero-order valence-electron chi connectivity index (χ0n) is 26.5.